The maximum Gasteiger partial charge on any atom is 0.146 e. The van der Waals surface area contributed by atoms with Gasteiger partial charge in [-0.25, -0.2) is 4.39 Å². The van der Waals surface area contributed by atoms with Gasteiger partial charge in [-0.1, -0.05) is 35.9 Å². The number of halogens is 2. The lowest BCUT2D eigenvalue weighted by molar-refractivity contribution is 0.588. The molecule has 20 heavy (non-hydrogen) atoms. The molecule has 2 N–H and O–H groups in total. The number of rotatable bonds is 5. The van der Waals surface area contributed by atoms with Gasteiger partial charge in [0, 0.05) is 18.1 Å². The van der Waals surface area contributed by atoms with E-state index in [1.165, 1.54) is 6.07 Å². The van der Waals surface area contributed by atoms with Crippen LogP contribution in [0.2, 0.25) is 5.02 Å². The van der Waals surface area contributed by atoms with Crippen molar-refractivity contribution in [3.8, 4) is 0 Å². The van der Waals surface area contributed by atoms with Gasteiger partial charge in [0.05, 0.1) is 11.7 Å². The molecule has 0 saturated carbocycles. The highest BCUT2D eigenvalue weighted by molar-refractivity contribution is 6.30. The summed E-state index contributed by atoms with van der Waals surface area (Å²) in [4.78, 5) is 1.96. The van der Waals surface area contributed by atoms with E-state index in [-0.39, 0.29) is 11.9 Å². The topological polar surface area (TPSA) is 29.3 Å². The lowest BCUT2D eigenvalue weighted by Gasteiger charge is -2.32. The summed E-state index contributed by atoms with van der Waals surface area (Å²) in [5.74, 6) is -0.241. The van der Waals surface area contributed by atoms with Crippen molar-refractivity contribution in [2.45, 2.75) is 13.0 Å². The Balaban J connectivity index is 2.40. The van der Waals surface area contributed by atoms with Crippen molar-refractivity contribution in [3.05, 3.63) is 64.9 Å². The SMILES string of the molecule is CCN(c1ccccc1F)C(CN)c1cccc(Cl)c1. The average Bonchev–Trinajstić information content (AvgIpc) is 2.45. The van der Waals surface area contributed by atoms with E-state index in [9.17, 15) is 4.39 Å². The Morgan fingerprint density at radius 3 is 2.55 bits per heavy atom. The van der Waals surface area contributed by atoms with E-state index in [1.807, 2.05) is 42.2 Å². The first-order valence-electron chi connectivity index (χ1n) is 6.64. The Kier molecular flexibility index (Phi) is 4.99. The van der Waals surface area contributed by atoms with E-state index in [0.29, 0.717) is 23.8 Å². The first kappa shape index (κ1) is 14.8. The minimum Gasteiger partial charge on any atom is -0.361 e. The third-order valence-corrected chi connectivity index (χ3v) is 3.57. The second-order valence-electron chi connectivity index (χ2n) is 4.54. The van der Waals surface area contributed by atoms with E-state index in [2.05, 4.69) is 0 Å². The van der Waals surface area contributed by atoms with Crippen LogP contribution in [0.4, 0.5) is 10.1 Å². The van der Waals surface area contributed by atoms with Crippen molar-refractivity contribution in [1.29, 1.82) is 0 Å². The summed E-state index contributed by atoms with van der Waals surface area (Å²) in [5.41, 5.74) is 7.46. The monoisotopic (exact) mass is 292 g/mol. The van der Waals surface area contributed by atoms with Crippen molar-refractivity contribution in [3.63, 3.8) is 0 Å². The van der Waals surface area contributed by atoms with Crippen LogP contribution in [0.3, 0.4) is 0 Å². The molecule has 2 aromatic carbocycles. The fourth-order valence-electron chi connectivity index (χ4n) is 2.40. The zero-order chi connectivity index (χ0) is 14.5. The smallest absolute Gasteiger partial charge is 0.146 e. The van der Waals surface area contributed by atoms with E-state index in [4.69, 9.17) is 17.3 Å². The Morgan fingerprint density at radius 1 is 1.20 bits per heavy atom. The highest BCUT2D eigenvalue weighted by Crippen LogP contribution is 2.29. The second kappa shape index (κ2) is 6.73. The number of benzene rings is 2. The van der Waals surface area contributed by atoms with Crippen molar-refractivity contribution in [2.24, 2.45) is 5.73 Å². The summed E-state index contributed by atoms with van der Waals surface area (Å²) in [6.07, 6.45) is 0. The molecule has 0 fully saturated rings. The molecule has 2 rings (SSSR count). The minimum absolute atomic E-state index is 0.101. The molecular weight excluding hydrogens is 275 g/mol. The average molecular weight is 293 g/mol. The van der Waals surface area contributed by atoms with Gasteiger partial charge < -0.3 is 10.6 Å². The maximum absolute atomic E-state index is 14.0. The van der Waals surface area contributed by atoms with E-state index < -0.39 is 0 Å². The largest absolute Gasteiger partial charge is 0.361 e. The lowest BCUT2D eigenvalue weighted by Crippen LogP contribution is -2.34. The molecule has 2 nitrogen and oxygen atoms in total. The zero-order valence-corrected chi connectivity index (χ0v) is 12.1. The van der Waals surface area contributed by atoms with Gasteiger partial charge in [-0.3, -0.25) is 0 Å². The molecule has 2 aromatic rings. The second-order valence-corrected chi connectivity index (χ2v) is 4.98. The van der Waals surface area contributed by atoms with Gasteiger partial charge in [0.25, 0.3) is 0 Å². The normalized spacial score (nSPS) is 12.2. The molecule has 4 heteroatoms. The van der Waals surface area contributed by atoms with Gasteiger partial charge in [0.15, 0.2) is 0 Å². The zero-order valence-electron chi connectivity index (χ0n) is 11.4. The predicted octanol–water partition coefficient (Wildman–Crippen LogP) is 4.01. The molecule has 1 atom stereocenters. The Bertz CT molecular complexity index is 574. The fourth-order valence-corrected chi connectivity index (χ4v) is 2.60. The van der Waals surface area contributed by atoms with Gasteiger partial charge >= 0.3 is 0 Å². The Morgan fingerprint density at radius 2 is 1.95 bits per heavy atom. The van der Waals surface area contributed by atoms with Crippen LogP contribution >= 0.6 is 11.6 Å². The maximum atomic E-state index is 14.0. The molecule has 1 unspecified atom stereocenters. The number of nitrogens with two attached hydrogens (primary N) is 1. The van der Waals surface area contributed by atoms with Crippen molar-refractivity contribution in [2.75, 3.05) is 18.0 Å². The summed E-state index contributed by atoms with van der Waals surface area (Å²) < 4.78 is 14.0. The van der Waals surface area contributed by atoms with Crippen LogP contribution in [0.15, 0.2) is 48.5 Å². The van der Waals surface area contributed by atoms with Gasteiger partial charge in [-0.05, 0) is 36.8 Å². The van der Waals surface area contributed by atoms with Gasteiger partial charge in [-0.2, -0.15) is 0 Å². The van der Waals surface area contributed by atoms with Gasteiger partial charge in [-0.15, -0.1) is 0 Å². The van der Waals surface area contributed by atoms with E-state index in [1.54, 1.807) is 12.1 Å². The third-order valence-electron chi connectivity index (χ3n) is 3.34. The highest BCUT2D eigenvalue weighted by Gasteiger charge is 2.20. The number of nitrogens with zero attached hydrogens (tertiary/aromatic N) is 1. The van der Waals surface area contributed by atoms with Crippen molar-refractivity contribution in [1.82, 2.24) is 0 Å². The molecule has 0 bridgehead atoms. The molecule has 0 aliphatic heterocycles. The molecule has 0 aromatic heterocycles. The molecule has 0 amide bonds. The molecule has 0 aliphatic carbocycles. The predicted molar refractivity (Wildman–Crippen MR) is 82.7 cm³/mol. The lowest BCUT2D eigenvalue weighted by atomic mass is 10.0. The molecular formula is C16H18ClFN2. The van der Waals surface area contributed by atoms with E-state index >= 15 is 0 Å². The molecule has 0 saturated heterocycles. The Labute approximate surface area is 124 Å². The summed E-state index contributed by atoms with van der Waals surface area (Å²) in [7, 11) is 0. The minimum atomic E-state index is -0.241. The fraction of sp³-hybridized carbons (Fsp3) is 0.250. The van der Waals surface area contributed by atoms with Crippen LogP contribution in [0, 0.1) is 5.82 Å². The summed E-state index contributed by atoms with van der Waals surface area (Å²) in [5, 5.41) is 0.658. The van der Waals surface area contributed by atoms with Crippen LogP contribution in [0.1, 0.15) is 18.5 Å². The number of likely N-dealkylation sites (N-methyl/N-ethyl adjacent to an activating group) is 1. The highest BCUT2D eigenvalue weighted by atomic mass is 35.5. The van der Waals surface area contributed by atoms with Crippen LogP contribution in [-0.2, 0) is 0 Å². The number of hydrogen-bond donors (Lipinski definition) is 1. The molecule has 0 spiro atoms. The van der Waals surface area contributed by atoms with Crippen molar-refractivity contribution < 1.29 is 4.39 Å². The number of hydrogen-bond acceptors (Lipinski definition) is 2. The van der Waals surface area contributed by atoms with Crippen molar-refractivity contribution >= 4 is 17.3 Å². The molecule has 0 heterocycles. The molecule has 106 valence electrons. The quantitative estimate of drug-likeness (QED) is 0.902. The van der Waals surface area contributed by atoms with Gasteiger partial charge in [0.1, 0.15) is 5.82 Å². The van der Waals surface area contributed by atoms with E-state index in [0.717, 1.165) is 5.56 Å². The van der Waals surface area contributed by atoms with Crippen LogP contribution in [0.5, 0.6) is 0 Å². The van der Waals surface area contributed by atoms with Crippen LogP contribution < -0.4 is 10.6 Å². The number of anilines is 1. The van der Waals surface area contributed by atoms with Crippen LogP contribution in [-0.4, -0.2) is 13.1 Å². The first-order chi connectivity index (χ1) is 9.67. The van der Waals surface area contributed by atoms with Gasteiger partial charge in [0.2, 0.25) is 0 Å². The standard InChI is InChI=1S/C16H18ClFN2/c1-2-20(15-9-4-3-8-14(15)18)16(11-19)12-6-5-7-13(17)10-12/h3-10,16H,2,11,19H2,1H3. The third kappa shape index (κ3) is 3.11. The first-order valence-corrected chi connectivity index (χ1v) is 7.01. The summed E-state index contributed by atoms with van der Waals surface area (Å²) in [6.45, 7) is 3.04. The summed E-state index contributed by atoms with van der Waals surface area (Å²) in [6, 6.07) is 14.2. The molecule has 0 radical (unpaired) electrons. The summed E-state index contributed by atoms with van der Waals surface area (Å²) >= 11 is 6.04. The van der Waals surface area contributed by atoms with Crippen LogP contribution in [0.25, 0.3) is 0 Å². The molecule has 0 aliphatic rings. The Hall–Kier alpha value is -1.58. The number of para-hydroxylation sites is 1.